The molecule has 1 aromatic carbocycles. The number of amides is 1. The highest BCUT2D eigenvalue weighted by molar-refractivity contribution is 7.14. The summed E-state index contributed by atoms with van der Waals surface area (Å²) in [5, 5.41) is 9.25. The second kappa shape index (κ2) is 7.01. The zero-order chi connectivity index (χ0) is 17.9. The normalized spacial score (nSPS) is 13.1. The molecule has 0 fully saturated rings. The van der Waals surface area contributed by atoms with Gasteiger partial charge in [-0.2, -0.15) is 5.10 Å². The molecule has 26 heavy (non-hydrogen) atoms. The number of aromatic nitrogens is 3. The van der Waals surface area contributed by atoms with E-state index in [2.05, 4.69) is 15.4 Å². The maximum atomic E-state index is 12.0. The van der Waals surface area contributed by atoms with Crippen molar-refractivity contribution >= 4 is 28.5 Å². The van der Waals surface area contributed by atoms with E-state index >= 15 is 0 Å². The van der Waals surface area contributed by atoms with Crippen LogP contribution in [0.5, 0.6) is 11.5 Å². The Bertz CT molecular complexity index is 976. The Balaban J connectivity index is 1.44. The molecule has 0 radical (unpaired) electrons. The third-order valence-electron chi connectivity index (χ3n) is 3.72. The molecule has 0 saturated heterocycles. The summed E-state index contributed by atoms with van der Waals surface area (Å²) in [6.45, 7) is 1.10. The zero-order valence-electron chi connectivity index (χ0n) is 14.0. The van der Waals surface area contributed by atoms with Crippen molar-refractivity contribution in [3.05, 3.63) is 47.6 Å². The quantitative estimate of drug-likeness (QED) is 0.717. The third kappa shape index (κ3) is 3.60. The lowest BCUT2D eigenvalue weighted by atomic mass is 10.1. The molecule has 4 rings (SSSR count). The molecule has 0 atom stereocenters. The first-order chi connectivity index (χ1) is 12.7. The smallest absolute Gasteiger partial charge is 0.250 e. The Morgan fingerprint density at radius 2 is 2.15 bits per heavy atom. The predicted octanol–water partition coefficient (Wildman–Crippen LogP) is 2.97. The largest absolute Gasteiger partial charge is 0.486 e. The molecule has 1 amide bonds. The number of aryl methyl sites for hydroxylation is 1. The van der Waals surface area contributed by atoms with Crippen LogP contribution >= 0.6 is 11.3 Å². The van der Waals surface area contributed by atoms with Crippen LogP contribution in [0.15, 0.2) is 42.0 Å². The van der Waals surface area contributed by atoms with Gasteiger partial charge in [0.05, 0.1) is 11.9 Å². The fourth-order valence-corrected chi connectivity index (χ4v) is 3.23. The number of anilines is 1. The van der Waals surface area contributed by atoms with Crippen molar-refractivity contribution < 1.29 is 14.3 Å². The third-order valence-corrected chi connectivity index (χ3v) is 4.48. The average Bonchev–Trinajstić information content (AvgIpc) is 3.28. The molecule has 1 aliphatic rings. The SMILES string of the molecule is Cn1cc(/C=C/C(=O)Nc2nc(-c3ccc4c(c3)OCCO4)cs2)cn1. The number of thiazole rings is 1. The van der Waals surface area contributed by atoms with Crippen LogP contribution in [0.25, 0.3) is 17.3 Å². The van der Waals surface area contributed by atoms with Crippen molar-refractivity contribution in [3.8, 4) is 22.8 Å². The summed E-state index contributed by atoms with van der Waals surface area (Å²) in [6, 6.07) is 5.70. The number of benzene rings is 1. The van der Waals surface area contributed by atoms with Crippen molar-refractivity contribution in [3.63, 3.8) is 0 Å². The van der Waals surface area contributed by atoms with Crippen molar-refractivity contribution in [1.29, 1.82) is 0 Å². The highest BCUT2D eigenvalue weighted by Gasteiger charge is 2.14. The van der Waals surface area contributed by atoms with E-state index < -0.39 is 0 Å². The van der Waals surface area contributed by atoms with Crippen LogP contribution in [0, 0.1) is 0 Å². The molecule has 1 N–H and O–H groups in total. The monoisotopic (exact) mass is 368 g/mol. The molecule has 3 heterocycles. The van der Waals surface area contributed by atoms with E-state index in [0.29, 0.717) is 24.1 Å². The topological polar surface area (TPSA) is 78.3 Å². The molecular weight excluding hydrogens is 352 g/mol. The van der Waals surface area contributed by atoms with Crippen LogP contribution in [-0.4, -0.2) is 33.9 Å². The number of nitrogens with zero attached hydrogens (tertiary/aromatic N) is 3. The minimum Gasteiger partial charge on any atom is -0.486 e. The second-order valence-corrected chi connectivity index (χ2v) is 6.52. The van der Waals surface area contributed by atoms with E-state index in [1.54, 1.807) is 17.0 Å². The summed E-state index contributed by atoms with van der Waals surface area (Å²) in [7, 11) is 1.83. The molecule has 8 heteroatoms. The molecule has 132 valence electrons. The zero-order valence-corrected chi connectivity index (χ0v) is 14.8. The predicted molar refractivity (Wildman–Crippen MR) is 99.4 cm³/mol. The van der Waals surface area contributed by atoms with Crippen LogP contribution in [0.4, 0.5) is 5.13 Å². The van der Waals surface area contributed by atoms with E-state index in [0.717, 1.165) is 22.6 Å². The van der Waals surface area contributed by atoms with Gasteiger partial charge in [-0.15, -0.1) is 11.3 Å². The average molecular weight is 368 g/mol. The first kappa shape index (κ1) is 16.3. The fourth-order valence-electron chi connectivity index (χ4n) is 2.51. The van der Waals surface area contributed by atoms with Crippen molar-refractivity contribution in [2.24, 2.45) is 7.05 Å². The Morgan fingerprint density at radius 1 is 1.31 bits per heavy atom. The van der Waals surface area contributed by atoms with Crippen LogP contribution in [0.2, 0.25) is 0 Å². The van der Waals surface area contributed by atoms with Crippen molar-refractivity contribution in [2.75, 3.05) is 18.5 Å². The number of carbonyl (C=O) groups is 1. The van der Waals surface area contributed by atoms with E-state index in [9.17, 15) is 4.79 Å². The number of rotatable bonds is 4. The highest BCUT2D eigenvalue weighted by Crippen LogP contribution is 2.35. The number of hydrogen-bond acceptors (Lipinski definition) is 6. The van der Waals surface area contributed by atoms with Gasteiger partial charge in [0.1, 0.15) is 13.2 Å². The molecule has 3 aromatic rings. The lowest BCUT2D eigenvalue weighted by Gasteiger charge is -2.18. The van der Waals surface area contributed by atoms with Gasteiger partial charge >= 0.3 is 0 Å². The van der Waals surface area contributed by atoms with Crippen molar-refractivity contribution in [2.45, 2.75) is 0 Å². The standard InChI is InChI=1S/C18H16N4O3S/c1-22-10-12(9-19-22)2-5-17(23)21-18-20-14(11-26-18)13-3-4-15-16(8-13)25-7-6-24-15/h2-5,8-11H,6-7H2,1H3,(H,20,21,23)/b5-2+. The highest BCUT2D eigenvalue weighted by atomic mass is 32.1. The molecule has 0 saturated carbocycles. The summed E-state index contributed by atoms with van der Waals surface area (Å²) in [5.41, 5.74) is 2.55. The molecule has 1 aliphatic heterocycles. The van der Waals surface area contributed by atoms with E-state index in [-0.39, 0.29) is 5.91 Å². The summed E-state index contributed by atoms with van der Waals surface area (Å²) >= 11 is 1.37. The van der Waals surface area contributed by atoms with Gasteiger partial charge in [0, 0.05) is 35.8 Å². The van der Waals surface area contributed by atoms with Crippen LogP contribution in [-0.2, 0) is 11.8 Å². The van der Waals surface area contributed by atoms with Gasteiger partial charge in [0.2, 0.25) is 5.91 Å². The minimum atomic E-state index is -0.239. The van der Waals surface area contributed by atoms with Crippen LogP contribution in [0.3, 0.4) is 0 Å². The maximum Gasteiger partial charge on any atom is 0.250 e. The second-order valence-electron chi connectivity index (χ2n) is 5.67. The van der Waals surface area contributed by atoms with Gasteiger partial charge in [-0.25, -0.2) is 4.98 Å². The lowest BCUT2D eigenvalue weighted by molar-refractivity contribution is -0.111. The Kier molecular flexibility index (Phi) is 4.40. The lowest BCUT2D eigenvalue weighted by Crippen LogP contribution is -2.15. The van der Waals surface area contributed by atoms with Crippen LogP contribution < -0.4 is 14.8 Å². The molecule has 0 unspecified atom stereocenters. The summed E-state index contributed by atoms with van der Waals surface area (Å²) in [5.74, 6) is 1.22. The number of nitrogens with one attached hydrogen (secondary N) is 1. The molecule has 0 aliphatic carbocycles. The maximum absolute atomic E-state index is 12.0. The summed E-state index contributed by atoms with van der Waals surface area (Å²) in [4.78, 5) is 16.5. The van der Waals surface area contributed by atoms with Gasteiger partial charge in [-0.1, -0.05) is 0 Å². The molecular formula is C18H16N4O3S. The number of carbonyl (C=O) groups excluding carboxylic acids is 1. The Morgan fingerprint density at radius 3 is 2.96 bits per heavy atom. The number of fused-ring (bicyclic) bond motifs is 1. The van der Waals surface area contributed by atoms with Gasteiger partial charge in [-0.05, 0) is 24.3 Å². The molecule has 0 spiro atoms. The van der Waals surface area contributed by atoms with E-state index in [1.807, 2.05) is 36.8 Å². The summed E-state index contributed by atoms with van der Waals surface area (Å²) < 4.78 is 12.8. The number of ether oxygens (including phenoxy) is 2. The van der Waals surface area contributed by atoms with E-state index in [4.69, 9.17) is 9.47 Å². The number of hydrogen-bond donors (Lipinski definition) is 1. The molecule has 2 aromatic heterocycles. The van der Waals surface area contributed by atoms with Crippen LogP contribution in [0.1, 0.15) is 5.56 Å². The van der Waals surface area contributed by atoms with Gasteiger partial charge in [0.25, 0.3) is 0 Å². The van der Waals surface area contributed by atoms with Crippen molar-refractivity contribution in [1.82, 2.24) is 14.8 Å². The fraction of sp³-hybridized carbons (Fsp3) is 0.167. The van der Waals surface area contributed by atoms with Gasteiger partial charge in [0.15, 0.2) is 16.6 Å². The first-order valence-electron chi connectivity index (χ1n) is 8.01. The molecule has 0 bridgehead atoms. The molecule has 7 nitrogen and oxygen atoms in total. The Labute approximate surface area is 153 Å². The van der Waals surface area contributed by atoms with Gasteiger partial charge < -0.3 is 9.47 Å². The van der Waals surface area contributed by atoms with E-state index in [1.165, 1.54) is 17.4 Å². The minimum absolute atomic E-state index is 0.239. The van der Waals surface area contributed by atoms with Gasteiger partial charge in [-0.3, -0.25) is 14.8 Å². The summed E-state index contributed by atoms with van der Waals surface area (Å²) in [6.07, 6.45) is 6.68. The first-order valence-corrected chi connectivity index (χ1v) is 8.88. The Hall–Kier alpha value is -3.13.